The highest BCUT2D eigenvalue weighted by molar-refractivity contribution is 7.99. The molecule has 1 aromatic heterocycles. The summed E-state index contributed by atoms with van der Waals surface area (Å²) in [4.78, 5) is 4.08. The van der Waals surface area contributed by atoms with Crippen molar-refractivity contribution in [2.75, 3.05) is 5.75 Å². The van der Waals surface area contributed by atoms with Crippen LogP contribution in [-0.2, 0) is 7.05 Å². The fourth-order valence-corrected chi connectivity index (χ4v) is 2.46. The van der Waals surface area contributed by atoms with Crippen molar-refractivity contribution in [3.63, 3.8) is 0 Å². The Morgan fingerprint density at radius 1 is 1.80 bits per heavy atom. The lowest BCUT2D eigenvalue weighted by Crippen LogP contribution is -2.43. The van der Waals surface area contributed by atoms with E-state index >= 15 is 0 Å². The molecule has 1 unspecified atom stereocenters. The minimum atomic E-state index is -0.698. The minimum Gasteiger partial charge on any atom is -0.312 e. The van der Waals surface area contributed by atoms with Crippen molar-refractivity contribution in [1.29, 1.82) is 5.26 Å². The van der Waals surface area contributed by atoms with Crippen molar-refractivity contribution in [2.45, 2.75) is 23.5 Å². The van der Waals surface area contributed by atoms with E-state index in [1.165, 1.54) is 18.1 Å². The Hall–Kier alpha value is -1.06. The van der Waals surface area contributed by atoms with E-state index in [2.05, 4.69) is 16.2 Å². The van der Waals surface area contributed by atoms with E-state index in [9.17, 15) is 0 Å². The van der Waals surface area contributed by atoms with Gasteiger partial charge in [-0.25, -0.2) is 9.67 Å². The summed E-state index contributed by atoms with van der Waals surface area (Å²) in [5, 5.41) is 13.8. The van der Waals surface area contributed by atoms with Gasteiger partial charge in [0, 0.05) is 12.8 Å². The zero-order valence-corrected chi connectivity index (χ0v) is 9.37. The van der Waals surface area contributed by atoms with E-state index in [0.29, 0.717) is 11.7 Å². The van der Waals surface area contributed by atoms with Crippen LogP contribution in [0.2, 0.25) is 0 Å². The maximum atomic E-state index is 9.06. The monoisotopic (exact) mass is 223 g/mol. The van der Waals surface area contributed by atoms with Crippen LogP contribution >= 0.6 is 11.8 Å². The largest absolute Gasteiger partial charge is 0.312 e. The number of hydrogen-bond acceptors (Lipinski definition) is 5. The molecule has 6 heteroatoms. The van der Waals surface area contributed by atoms with Crippen LogP contribution < -0.4 is 5.73 Å². The lowest BCUT2D eigenvalue weighted by molar-refractivity contribution is 0.531. The van der Waals surface area contributed by atoms with Crippen molar-refractivity contribution in [3.8, 4) is 6.07 Å². The Balaban J connectivity index is 1.98. The molecule has 1 aliphatic carbocycles. The molecule has 1 atom stereocenters. The molecule has 1 saturated carbocycles. The summed E-state index contributed by atoms with van der Waals surface area (Å²) in [5.41, 5.74) is 5.33. The number of aryl methyl sites for hydroxylation is 1. The lowest BCUT2D eigenvalue weighted by Gasteiger charge is -2.19. The zero-order valence-electron chi connectivity index (χ0n) is 8.55. The number of thioether (sulfide) groups is 1. The van der Waals surface area contributed by atoms with Crippen molar-refractivity contribution < 1.29 is 0 Å². The summed E-state index contributed by atoms with van der Waals surface area (Å²) in [6.07, 6.45) is 3.65. The van der Waals surface area contributed by atoms with Gasteiger partial charge in [0.1, 0.15) is 11.9 Å². The highest BCUT2D eigenvalue weighted by Gasteiger charge is 2.42. The van der Waals surface area contributed by atoms with Crippen molar-refractivity contribution in [3.05, 3.63) is 6.33 Å². The highest BCUT2D eigenvalue weighted by atomic mass is 32.2. The predicted octanol–water partition coefficient (Wildman–Crippen LogP) is 0.538. The second-order valence-electron chi connectivity index (χ2n) is 3.88. The van der Waals surface area contributed by atoms with Gasteiger partial charge in [0.05, 0.1) is 6.07 Å². The molecule has 1 fully saturated rings. The molecular formula is C9H13N5S. The van der Waals surface area contributed by atoms with Crippen LogP contribution in [0.4, 0.5) is 0 Å². The molecule has 0 aromatic carbocycles. The van der Waals surface area contributed by atoms with Crippen LogP contribution in [0.15, 0.2) is 11.5 Å². The summed E-state index contributed by atoms with van der Waals surface area (Å²) >= 11 is 1.50. The summed E-state index contributed by atoms with van der Waals surface area (Å²) in [5.74, 6) is 0.948. The normalized spacial score (nSPS) is 19.5. The van der Waals surface area contributed by atoms with E-state index in [1.54, 1.807) is 4.68 Å². The molecule has 0 spiro atoms. The Labute approximate surface area is 92.7 Å². The van der Waals surface area contributed by atoms with Crippen LogP contribution in [0.5, 0.6) is 0 Å². The molecule has 0 amide bonds. The topological polar surface area (TPSA) is 80.5 Å². The van der Waals surface area contributed by atoms with Crippen LogP contribution in [0.25, 0.3) is 0 Å². The number of hydrogen-bond donors (Lipinski definition) is 1. The number of nitrogens with two attached hydrogens (primary N) is 1. The van der Waals surface area contributed by atoms with Crippen LogP contribution in [0.1, 0.15) is 12.8 Å². The van der Waals surface area contributed by atoms with Crippen LogP contribution in [0, 0.1) is 17.2 Å². The maximum Gasteiger partial charge on any atom is 0.185 e. The molecule has 80 valence electrons. The van der Waals surface area contributed by atoms with E-state index in [1.807, 2.05) is 7.05 Å². The molecule has 1 heterocycles. The standard InChI is InChI=1S/C9H13N5S/c1-14-8(12-6-13-14)15-5-9(11,4-10)7-2-3-7/h6-7H,2-3,5,11H2,1H3. The van der Waals surface area contributed by atoms with Crippen LogP contribution in [-0.4, -0.2) is 26.1 Å². The first-order valence-electron chi connectivity index (χ1n) is 4.82. The Morgan fingerprint density at radius 3 is 3.00 bits per heavy atom. The molecule has 15 heavy (non-hydrogen) atoms. The SMILES string of the molecule is Cn1ncnc1SCC(N)(C#N)C1CC1. The number of aromatic nitrogens is 3. The molecule has 2 rings (SSSR count). The first kappa shape index (κ1) is 10.5. The zero-order chi connectivity index (χ0) is 10.9. The Morgan fingerprint density at radius 2 is 2.53 bits per heavy atom. The van der Waals surface area contributed by atoms with Gasteiger partial charge in [-0.2, -0.15) is 10.4 Å². The van der Waals surface area contributed by atoms with Gasteiger partial charge < -0.3 is 5.73 Å². The Kier molecular flexibility index (Phi) is 2.67. The summed E-state index contributed by atoms with van der Waals surface area (Å²) in [6.45, 7) is 0. The van der Waals surface area contributed by atoms with Gasteiger partial charge in [-0.05, 0) is 18.8 Å². The van der Waals surface area contributed by atoms with Crippen molar-refractivity contribution in [2.24, 2.45) is 18.7 Å². The van der Waals surface area contributed by atoms with Gasteiger partial charge in [0.15, 0.2) is 5.16 Å². The fourth-order valence-electron chi connectivity index (χ4n) is 1.44. The third kappa shape index (κ3) is 2.13. The molecule has 0 aliphatic heterocycles. The number of nitriles is 1. The molecule has 0 radical (unpaired) electrons. The molecule has 1 aliphatic rings. The molecule has 1 aromatic rings. The fraction of sp³-hybridized carbons (Fsp3) is 0.667. The molecule has 0 saturated heterocycles. The second kappa shape index (κ2) is 3.83. The number of nitrogens with zero attached hydrogens (tertiary/aromatic N) is 4. The average Bonchev–Trinajstić information content (AvgIpc) is 3.01. The lowest BCUT2D eigenvalue weighted by atomic mass is 10.00. The van der Waals surface area contributed by atoms with Gasteiger partial charge in [0.2, 0.25) is 0 Å². The van der Waals surface area contributed by atoms with Gasteiger partial charge in [-0.1, -0.05) is 11.8 Å². The summed E-state index contributed by atoms with van der Waals surface area (Å²) < 4.78 is 1.69. The van der Waals surface area contributed by atoms with Crippen LogP contribution in [0.3, 0.4) is 0 Å². The van der Waals surface area contributed by atoms with E-state index in [-0.39, 0.29) is 0 Å². The Bertz CT molecular complexity index is 391. The molecule has 0 bridgehead atoms. The van der Waals surface area contributed by atoms with Crippen molar-refractivity contribution in [1.82, 2.24) is 14.8 Å². The molecule has 5 nitrogen and oxygen atoms in total. The second-order valence-corrected chi connectivity index (χ2v) is 4.82. The highest BCUT2D eigenvalue weighted by Crippen LogP contribution is 2.40. The summed E-state index contributed by atoms with van der Waals surface area (Å²) in [7, 11) is 1.83. The van der Waals surface area contributed by atoms with Gasteiger partial charge in [0.25, 0.3) is 0 Å². The first-order chi connectivity index (χ1) is 7.15. The van der Waals surface area contributed by atoms with Gasteiger partial charge >= 0.3 is 0 Å². The van der Waals surface area contributed by atoms with Gasteiger partial charge in [-0.15, -0.1) is 0 Å². The third-order valence-corrected chi connectivity index (χ3v) is 3.87. The quantitative estimate of drug-likeness (QED) is 0.753. The predicted molar refractivity (Wildman–Crippen MR) is 57.0 cm³/mol. The minimum absolute atomic E-state index is 0.364. The molecule has 2 N–H and O–H groups in total. The van der Waals surface area contributed by atoms with Gasteiger partial charge in [-0.3, -0.25) is 0 Å². The van der Waals surface area contributed by atoms with E-state index in [0.717, 1.165) is 18.0 Å². The van der Waals surface area contributed by atoms with E-state index < -0.39 is 5.54 Å². The van der Waals surface area contributed by atoms with E-state index in [4.69, 9.17) is 11.0 Å². The number of rotatable bonds is 4. The van der Waals surface area contributed by atoms with Crippen molar-refractivity contribution >= 4 is 11.8 Å². The summed E-state index contributed by atoms with van der Waals surface area (Å²) in [6, 6.07) is 2.22. The smallest absolute Gasteiger partial charge is 0.185 e. The maximum absolute atomic E-state index is 9.06. The first-order valence-corrected chi connectivity index (χ1v) is 5.81. The third-order valence-electron chi connectivity index (χ3n) is 2.62. The average molecular weight is 223 g/mol. The molecular weight excluding hydrogens is 210 g/mol.